The zero-order valence-electron chi connectivity index (χ0n) is 15.4. The molecule has 0 saturated carbocycles. The number of esters is 1. The number of benzene rings is 2. The van der Waals surface area contributed by atoms with Gasteiger partial charge in [-0.25, -0.2) is 14.5 Å². The van der Waals surface area contributed by atoms with Crippen molar-refractivity contribution in [3.63, 3.8) is 0 Å². The molecule has 0 aliphatic carbocycles. The van der Waals surface area contributed by atoms with E-state index in [1.165, 1.54) is 0 Å². The highest BCUT2D eigenvalue weighted by Gasteiger charge is 2.23. The number of nitrogens with zero attached hydrogens (tertiary/aromatic N) is 3. The molecule has 138 valence electrons. The number of ether oxygens (including phenoxy) is 1. The highest BCUT2D eigenvalue weighted by atomic mass is 16.5. The fourth-order valence-corrected chi connectivity index (χ4v) is 3.20. The van der Waals surface area contributed by atoms with Gasteiger partial charge in [-0.15, -0.1) is 0 Å². The van der Waals surface area contributed by atoms with Crippen LogP contribution in [0.2, 0.25) is 0 Å². The van der Waals surface area contributed by atoms with Gasteiger partial charge in [0.2, 0.25) is 0 Å². The van der Waals surface area contributed by atoms with E-state index in [2.05, 4.69) is 10.1 Å². The molecule has 0 amide bonds. The molecule has 0 atom stereocenters. The molecule has 5 heteroatoms. The molecule has 2 aromatic heterocycles. The predicted molar refractivity (Wildman–Crippen MR) is 108 cm³/mol. The minimum atomic E-state index is -0.448. The van der Waals surface area contributed by atoms with E-state index in [1.807, 2.05) is 77.5 Å². The summed E-state index contributed by atoms with van der Waals surface area (Å²) in [5.41, 5.74) is 4.55. The van der Waals surface area contributed by atoms with Crippen molar-refractivity contribution in [1.82, 2.24) is 14.8 Å². The van der Waals surface area contributed by atoms with Gasteiger partial charge >= 0.3 is 5.97 Å². The zero-order valence-corrected chi connectivity index (χ0v) is 15.4. The smallest absolute Gasteiger partial charge is 0.357 e. The first-order valence-corrected chi connectivity index (χ1v) is 9.11. The van der Waals surface area contributed by atoms with Gasteiger partial charge in [0.15, 0.2) is 5.69 Å². The number of carbonyl (C=O) groups is 1. The lowest BCUT2D eigenvalue weighted by molar-refractivity contribution is 0.0520. The Kier molecular flexibility index (Phi) is 4.97. The van der Waals surface area contributed by atoms with Crippen LogP contribution in [0.3, 0.4) is 0 Å². The number of rotatable bonds is 5. The number of hydrogen-bond donors (Lipinski definition) is 0. The summed E-state index contributed by atoms with van der Waals surface area (Å²) < 4.78 is 7.08. The highest BCUT2D eigenvalue weighted by molar-refractivity contribution is 6.00. The number of aromatic nitrogens is 3. The van der Waals surface area contributed by atoms with Crippen molar-refractivity contribution in [2.75, 3.05) is 6.61 Å². The van der Waals surface area contributed by atoms with E-state index in [-0.39, 0.29) is 12.3 Å². The molecule has 4 rings (SSSR count). The normalized spacial score (nSPS) is 10.6. The summed E-state index contributed by atoms with van der Waals surface area (Å²) in [6.07, 6.45) is 3.36. The largest absolute Gasteiger partial charge is 0.461 e. The molecule has 2 aromatic carbocycles. The maximum absolute atomic E-state index is 12.7. The van der Waals surface area contributed by atoms with E-state index >= 15 is 0 Å². The van der Waals surface area contributed by atoms with Crippen LogP contribution >= 0.6 is 0 Å². The van der Waals surface area contributed by atoms with Crippen molar-refractivity contribution in [2.24, 2.45) is 0 Å². The summed E-state index contributed by atoms with van der Waals surface area (Å²) in [6.45, 7) is 2.07. The molecule has 0 aliphatic rings. The summed E-state index contributed by atoms with van der Waals surface area (Å²) in [5, 5.41) is 4.48. The van der Waals surface area contributed by atoms with E-state index in [9.17, 15) is 4.79 Å². The Balaban J connectivity index is 1.98. The SMILES string of the molecule is CCOC(=O)c1nccc(-c2ccccc2)c1-c1ccnn1-c1ccccc1. The second-order valence-electron chi connectivity index (χ2n) is 6.13. The molecule has 28 heavy (non-hydrogen) atoms. The van der Waals surface area contributed by atoms with Crippen LogP contribution in [0, 0.1) is 0 Å². The number of carbonyl (C=O) groups excluding carboxylic acids is 1. The van der Waals surface area contributed by atoms with Crippen molar-refractivity contribution in [3.8, 4) is 28.1 Å². The van der Waals surface area contributed by atoms with Gasteiger partial charge in [0, 0.05) is 11.8 Å². The lowest BCUT2D eigenvalue weighted by Gasteiger charge is -2.15. The third-order valence-corrected chi connectivity index (χ3v) is 4.40. The van der Waals surface area contributed by atoms with Crippen LogP contribution in [0.5, 0.6) is 0 Å². The molecule has 0 N–H and O–H groups in total. The van der Waals surface area contributed by atoms with Gasteiger partial charge in [-0.05, 0) is 42.3 Å². The van der Waals surface area contributed by atoms with Crippen LogP contribution < -0.4 is 0 Å². The average molecular weight is 369 g/mol. The van der Waals surface area contributed by atoms with Gasteiger partial charge in [-0.1, -0.05) is 48.5 Å². The third-order valence-electron chi connectivity index (χ3n) is 4.40. The van der Waals surface area contributed by atoms with Gasteiger partial charge in [-0.2, -0.15) is 5.10 Å². The third kappa shape index (κ3) is 3.30. The van der Waals surface area contributed by atoms with Crippen molar-refractivity contribution in [3.05, 3.63) is 90.9 Å². The molecule has 0 radical (unpaired) electrons. The van der Waals surface area contributed by atoms with Crippen LogP contribution in [0.4, 0.5) is 0 Å². The Morgan fingerprint density at radius 1 is 0.929 bits per heavy atom. The lowest BCUT2D eigenvalue weighted by atomic mass is 9.96. The summed E-state index contributed by atoms with van der Waals surface area (Å²) in [4.78, 5) is 17.0. The Morgan fingerprint density at radius 2 is 1.64 bits per heavy atom. The van der Waals surface area contributed by atoms with E-state index < -0.39 is 5.97 Å². The molecule has 0 bridgehead atoms. The van der Waals surface area contributed by atoms with Gasteiger partial charge < -0.3 is 4.74 Å². The number of hydrogen-bond acceptors (Lipinski definition) is 4. The lowest BCUT2D eigenvalue weighted by Crippen LogP contribution is -2.11. The number of pyridine rings is 1. The Bertz CT molecular complexity index is 1090. The monoisotopic (exact) mass is 369 g/mol. The standard InChI is InChI=1S/C23H19N3O2/c1-2-28-23(27)22-21(19(13-15-24-22)17-9-5-3-6-10-17)20-14-16-25-26(20)18-11-7-4-8-12-18/h3-16H,2H2,1H3. The second-order valence-corrected chi connectivity index (χ2v) is 6.13. The quantitative estimate of drug-likeness (QED) is 0.475. The predicted octanol–water partition coefficient (Wildman–Crippen LogP) is 4.78. The summed E-state index contributed by atoms with van der Waals surface area (Å²) >= 11 is 0. The average Bonchev–Trinajstić information content (AvgIpc) is 3.24. The Labute approximate surface area is 163 Å². The molecule has 4 aromatic rings. The maximum Gasteiger partial charge on any atom is 0.357 e. The van der Waals surface area contributed by atoms with Gasteiger partial charge in [0.1, 0.15) is 0 Å². The molecular weight excluding hydrogens is 350 g/mol. The Morgan fingerprint density at radius 3 is 2.36 bits per heavy atom. The van der Waals surface area contributed by atoms with Gasteiger partial charge in [0.05, 0.1) is 24.2 Å². The van der Waals surface area contributed by atoms with E-state index in [0.29, 0.717) is 5.56 Å². The first-order chi connectivity index (χ1) is 13.8. The minimum Gasteiger partial charge on any atom is -0.461 e. The van der Waals surface area contributed by atoms with E-state index in [4.69, 9.17) is 4.74 Å². The van der Waals surface area contributed by atoms with E-state index in [0.717, 1.165) is 22.5 Å². The van der Waals surface area contributed by atoms with Crippen LogP contribution in [0.25, 0.3) is 28.1 Å². The summed E-state index contributed by atoms with van der Waals surface area (Å²) in [6, 6.07) is 23.5. The van der Waals surface area contributed by atoms with Crippen LogP contribution in [0.15, 0.2) is 85.2 Å². The second kappa shape index (κ2) is 7.88. The van der Waals surface area contributed by atoms with Gasteiger partial charge in [-0.3, -0.25) is 0 Å². The molecule has 0 aliphatic heterocycles. The van der Waals surface area contributed by atoms with Crippen molar-refractivity contribution in [1.29, 1.82) is 0 Å². The van der Waals surface area contributed by atoms with E-state index in [1.54, 1.807) is 19.3 Å². The van der Waals surface area contributed by atoms with Gasteiger partial charge in [0.25, 0.3) is 0 Å². The van der Waals surface area contributed by atoms with Crippen molar-refractivity contribution in [2.45, 2.75) is 6.92 Å². The van der Waals surface area contributed by atoms with Crippen molar-refractivity contribution >= 4 is 5.97 Å². The van der Waals surface area contributed by atoms with Crippen LogP contribution in [0.1, 0.15) is 17.4 Å². The molecule has 0 spiro atoms. The summed E-state index contributed by atoms with van der Waals surface area (Å²) in [7, 11) is 0. The molecule has 0 saturated heterocycles. The highest BCUT2D eigenvalue weighted by Crippen LogP contribution is 2.35. The molecule has 5 nitrogen and oxygen atoms in total. The fourth-order valence-electron chi connectivity index (χ4n) is 3.20. The minimum absolute atomic E-state index is 0.279. The fraction of sp³-hybridized carbons (Fsp3) is 0.0870. The van der Waals surface area contributed by atoms with Crippen LogP contribution in [-0.2, 0) is 4.74 Å². The zero-order chi connectivity index (χ0) is 19.3. The van der Waals surface area contributed by atoms with Crippen molar-refractivity contribution < 1.29 is 9.53 Å². The first-order valence-electron chi connectivity index (χ1n) is 9.11. The molecule has 2 heterocycles. The topological polar surface area (TPSA) is 57.0 Å². The number of para-hydroxylation sites is 1. The maximum atomic E-state index is 12.7. The molecule has 0 unspecified atom stereocenters. The first kappa shape index (κ1) is 17.7. The molecular formula is C23H19N3O2. The van der Waals surface area contributed by atoms with Crippen LogP contribution in [-0.4, -0.2) is 27.3 Å². The molecule has 0 fully saturated rings. The Hall–Kier alpha value is -3.73. The summed E-state index contributed by atoms with van der Waals surface area (Å²) in [5.74, 6) is -0.448.